The fourth-order valence-corrected chi connectivity index (χ4v) is 3.41. The number of ether oxygens (including phenoxy) is 2. The van der Waals surface area contributed by atoms with Gasteiger partial charge in [0.25, 0.3) is 0 Å². The molecule has 1 aromatic heterocycles. The molecule has 1 aliphatic carbocycles. The molecule has 0 spiro atoms. The summed E-state index contributed by atoms with van der Waals surface area (Å²) in [5.74, 6) is 1.84. The molecular weight excluding hydrogens is 479 g/mol. The zero-order valence-corrected chi connectivity index (χ0v) is 19.5. The van der Waals surface area contributed by atoms with Crippen LogP contribution in [0, 0.1) is 5.92 Å². The van der Waals surface area contributed by atoms with Crippen molar-refractivity contribution in [2.45, 2.75) is 51.9 Å². The predicted molar refractivity (Wildman–Crippen MR) is 128 cm³/mol. The van der Waals surface area contributed by atoms with Gasteiger partial charge < -0.3 is 20.5 Å². The van der Waals surface area contributed by atoms with Crippen molar-refractivity contribution in [1.82, 2.24) is 4.98 Å². The largest absolute Gasteiger partial charge is 0.474 e. The molecule has 158 valence electrons. The minimum atomic E-state index is 0. The molecule has 2 aromatic rings. The maximum atomic E-state index is 6.07. The Labute approximate surface area is 190 Å². The first kappa shape index (κ1) is 23.4. The van der Waals surface area contributed by atoms with Crippen LogP contribution in [-0.4, -0.2) is 24.2 Å². The lowest BCUT2D eigenvalue weighted by atomic mass is 9.89. The van der Waals surface area contributed by atoms with Crippen molar-refractivity contribution in [2.75, 3.05) is 12.4 Å². The first-order valence-electron chi connectivity index (χ1n) is 9.89. The van der Waals surface area contributed by atoms with Gasteiger partial charge in [-0.3, -0.25) is 0 Å². The van der Waals surface area contributed by atoms with Gasteiger partial charge in [0.05, 0.1) is 13.2 Å². The second-order valence-electron chi connectivity index (χ2n) is 7.42. The minimum absolute atomic E-state index is 0. The van der Waals surface area contributed by atoms with E-state index in [1.54, 1.807) is 13.3 Å². The Balaban J connectivity index is 0.00000300. The number of nitrogens with one attached hydrogen (secondary N) is 1. The summed E-state index contributed by atoms with van der Waals surface area (Å²) in [6, 6.07) is 11.8. The van der Waals surface area contributed by atoms with Gasteiger partial charge in [-0.1, -0.05) is 25.1 Å². The highest BCUT2D eigenvalue weighted by molar-refractivity contribution is 14.0. The standard InChI is InChI=1S/C22H30N4O2.HI/c1-16-7-9-19(10-8-16)28-21-13-17(11-12-24-21)14-25-22(23)26-20-6-4-3-5-18(20)15-27-2;/h3-6,11-13,16,19H,7-10,14-15H2,1-2H3,(H3,23,25,26);1H. The van der Waals surface area contributed by atoms with Crippen LogP contribution in [0.15, 0.2) is 47.6 Å². The Morgan fingerprint density at radius 1 is 1.21 bits per heavy atom. The van der Waals surface area contributed by atoms with E-state index in [-0.39, 0.29) is 30.1 Å². The lowest BCUT2D eigenvalue weighted by Crippen LogP contribution is -2.24. The van der Waals surface area contributed by atoms with Crippen molar-refractivity contribution < 1.29 is 9.47 Å². The number of para-hydroxylation sites is 1. The van der Waals surface area contributed by atoms with Crippen LogP contribution in [0.5, 0.6) is 5.88 Å². The highest BCUT2D eigenvalue weighted by Gasteiger charge is 2.19. The van der Waals surface area contributed by atoms with Crippen LogP contribution in [0.25, 0.3) is 0 Å². The molecule has 0 unspecified atom stereocenters. The molecule has 1 heterocycles. The second-order valence-corrected chi connectivity index (χ2v) is 7.42. The van der Waals surface area contributed by atoms with E-state index >= 15 is 0 Å². The zero-order chi connectivity index (χ0) is 19.8. The van der Waals surface area contributed by atoms with Crippen LogP contribution >= 0.6 is 24.0 Å². The van der Waals surface area contributed by atoms with E-state index in [1.807, 2.05) is 36.4 Å². The Kier molecular flexibility index (Phi) is 9.66. The molecule has 1 fully saturated rings. The number of aromatic nitrogens is 1. The van der Waals surface area contributed by atoms with Gasteiger partial charge >= 0.3 is 0 Å². The molecule has 0 aliphatic heterocycles. The molecule has 0 saturated heterocycles. The van der Waals surface area contributed by atoms with Crippen LogP contribution in [0.2, 0.25) is 0 Å². The molecular formula is C22H31IN4O2. The van der Waals surface area contributed by atoms with Gasteiger partial charge in [0.1, 0.15) is 6.10 Å². The third-order valence-corrected chi connectivity index (χ3v) is 5.06. The average Bonchev–Trinajstić information content (AvgIpc) is 2.70. The molecule has 6 nitrogen and oxygen atoms in total. The minimum Gasteiger partial charge on any atom is -0.474 e. The van der Waals surface area contributed by atoms with Crippen LogP contribution in [0.3, 0.4) is 0 Å². The van der Waals surface area contributed by atoms with Crippen LogP contribution in [0.4, 0.5) is 5.69 Å². The number of pyridine rings is 1. The normalized spacial score (nSPS) is 19.3. The number of benzene rings is 1. The van der Waals surface area contributed by atoms with E-state index in [4.69, 9.17) is 15.2 Å². The van der Waals surface area contributed by atoms with E-state index in [0.717, 1.165) is 35.6 Å². The molecule has 1 aliphatic rings. The van der Waals surface area contributed by atoms with Crippen LogP contribution in [-0.2, 0) is 17.9 Å². The van der Waals surface area contributed by atoms with Crippen molar-refractivity contribution in [1.29, 1.82) is 0 Å². The number of guanidine groups is 1. The van der Waals surface area contributed by atoms with Gasteiger partial charge in [-0.15, -0.1) is 24.0 Å². The van der Waals surface area contributed by atoms with Crippen molar-refractivity contribution in [2.24, 2.45) is 16.6 Å². The Morgan fingerprint density at radius 3 is 2.72 bits per heavy atom. The average molecular weight is 510 g/mol. The van der Waals surface area contributed by atoms with Gasteiger partial charge in [-0.05, 0) is 49.3 Å². The number of hydrogen-bond donors (Lipinski definition) is 2. The second kappa shape index (κ2) is 12.0. The molecule has 3 N–H and O–H groups in total. The monoisotopic (exact) mass is 510 g/mol. The summed E-state index contributed by atoms with van der Waals surface area (Å²) < 4.78 is 11.3. The molecule has 1 saturated carbocycles. The maximum Gasteiger partial charge on any atom is 0.213 e. The molecule has 0 amide bonds. The Morgan fingerprint density at radius 2 is 1.97 bits per heavy atom. The number of nitrogens with two attached hydrogens (primary N) is 1. The van der Waals surface area contributed by atoms with Crippen molar-refractivity contribution in [3.63, 3.8) is 0 Å². The van der Waals surface area contributed by atoms with Crippen LogP contribution < -0.4 is 15.8 Å². The van der Waals surface area contributed by atoms with Crippen molar-refractivity contribution in [3.8, 4) is 5.88 Å². The summed E-state index contributed by atoms with van der Waals surface area (Å²) in [5.41, 5.74) is 9.02. The molecule has 0 bridgehead atoms. The Hall–Kier alpha value is -1.87. The van der Waals surface area contributed by atoms with E-state index in [2.05, 4.69) is 22.2 Å². The quantitative estimate of drug-likeness (QED) is 0.320. The third-order valence-electron chi connectivity index (χ3n) is 5.06. The Bertz CT molecular complexity index is 792. The van der Waals surface area contributed by atoms with Crippen molar-refractivity contribution >= 4 is 35.6 Å². The number of methoxy groups -OCH3 is 1. The third kappa shape index (κ3) is 7.47. The van der Waals surface area contributed by atoms with Gasteiger partial charge in [0.15, 0.2) is 5.96 Å². The fourth-order valence-electron chi connectivity index (χ4n) is 3.41. The van der Waals surface area contributed by atoms with Gasteiger partial charge in [0.2, 0.25) is 5.88 Å². The van der Waals surface area contributed by atoms with Crippen LogP contribution in [0.1, 0.15) is 43.7 Å². The molecule has 1 aromatic carbocycles. The summed E-state index contributed by atoms with van der Waals surface area (Å²) in [4.78, 5) is 8.80. The highest BCUT2D eigenvalue weighted by atomic mass is 127. The summed E-state index contributed by atoms with van der Waals surface area (Å²) in [7, 11) is 1.67. The van der Waals surface area contributed by atoms with E-state index in [0.29, 0.717) is 25.0 Å². The molecule has 7 heteroatoms. The predicted octanol–water partition coefficient (Wildman–Crippen LogP) is 4.73. The fraction of sp³-hybridized carbons (Fsp3) is 0.455. The zero-order valence-electron chi connectivity index (χ0n) is 17.1. The summed E-state index contributed by atoms with van der Waals surface area (Å²) in [6.07, 6.45) is 6.68. The number of halogens is 1. The number of hydrogen-bond acceptors (Lipinski definition) is 4. The highest BCUT2D eigenvalue weighted by Crippen LogP contribution is 2.26. The van der Waals surface area contributed by atoms with E-state index < -0.39 is 0 Å². The maximum absolute atomic E-state index is 6.07. The number of aliphatic imine (C=N–C) groups is 1. The molecule has 3 rings (SSSR count). The molecule has 0 radical (unpaired) electrons. The smallest absolute Gasteiger partial charge is 0.213 e. The number of nitrogens with zero attached hydrogens (tertiary/aromatic N) is 2. The van der Waals surface area contributed by atoms with Gasteiger partial charge in [-0.2, -0.15) is 0 Å². The SMILES string of the molecule is COCc1ccccc1NC(N)=NCc1ccnc(OC2CCC(C)CC2)c1.I. The van der Waals surface area contributed by atoms with Gasteiger partial charge in [0, 0.05) is 30.6 Å². The van der Waals surface area contributed by atoms with Crippen molar-refractivity contribution in [3.05, 3.63) is 53.7 Å². The molecule has 0 atom stereocenters. The first-order valence-corrected chi connectivity index (χ1v) is 9.89. The summed E-state index contributed by atoms with van der Waals surface area (Å²) in [5, 5.41) is 3.15. The van der Waals surface area contributed by atoms with E-state index in [1.165, 1.54) is 12.8 Å². The van der Waals surface area contributed by atoms with Gasteiger partial charge in [-0.25, -0.2) is 9.98 Å². The topological polar surface area (TPSA) is 81.8 Å². The first-order chi connectivity index (χ1) is 13.6. The number of anilines is 1. The summed E-state index contributed by atoms with van der Waals surface area (Å²) >= 11 is 0. The molecule has 29 heavy (non-hydrogen) atoms. The van der Waals surface area contributed by atoms with E-state index in [9.17, 15) is 0 Å². The lowest BCUT2D eigenvalue weighted by molar-refractivity contribution is 0.130. The number of rotatable bonds is 7. The summed E-state index contributed by atoms with van der Waals surface area (Å²) in [6.45, 7) is 3.28. The lowest BCUT2D eigenvalue weighted by Gasteiger charge is -2.26.